The number of halogens is 2. The second kappa shape index (κ2) is 7.26. The SMILES string of the molecule is CN(CC(=O)Nc1ccc(Cl)c(Cl)c1)c1ccc([N+](=O)[O-])cn1. The number of benzene rings is 1. The van der Waals surface area contributed by atoms with E-state index in [-0.39, 0.29) is 18.1 Å². The van der Waals surface area contributed by atoms with Gasteiger partial charge in [0.25, 0.3) is 5.69 Å². The molecule has 1 amide bonds. The van der Waals surface area contributed by atoms with Gasteiger partial charge < -0.3 is 10.2 Å². The molecular weight excluding hydrogens is 343 g/mol. The zero-order chi connectivity index (χ0) is 17.0. The molecule has 0 bridgehead atoms. The fraction of sp³-hybridized carbons (Fsp3) is 0.143. The topological polar surface area (TPSA) is 88.4 Å². The van der Waals surface area contributed by atoms with Crippen molar-refractivity contribution in [2.75, 3.05) is 23.8 Å². The number of carbonyl (C=O) groups excluding carboxylic acids is 1. The summed E-state index contributed by atoms with van der Waals surface area (Å²) in [4.78, 5) is 27.6. The minimum Gasteiger partial charge on any atom is -0.350 e. The largest absolute Gasteiger partial charge is 0.350 e. The van der Waals surface area contributed by atoms with E-state index >= 15 is 0 Å². The van der Waals surface area contributed by atoms with Crippen LogP contribution in [0.5, 0.6) is 0 Å². The maximum absolute atomic E-state index is 12.0. The predicted molar refractivity (Wildman–Crippen MR) is 89.3 cm³/mol. The molecule has 0 spiro atoms. The third kappa shape index (κ3) is 4.54. The van der Waals surface area contributed by atoms with E-state index in [1.165, 1.54) is 12.1 Å². The van der Waals surface area contributed by atoms with Crippen LogP contribution in [0.1, 0.15) is 0 Å². The van der Waals surface area contributed by atoms with Gasteiger partial charge in [-0.15, -0.1) is 0 Å². The lowest BCUT2D eigenvalue weighted by atomic mass is 10.3. The van der Waals surface area contributed by atoms with Crippen LogP contribution in [0.2, 0.25) is 10.0 Å². The number of amides is 1. The standard InChI is InChI=1S/C14H12Cl2N4O3/c1-19(13-5-3-10(7-17-13)20(22)23)8-14(21)18-9-2-4-11(15)12(16)6-9/h2-7H,8H2,1H3,(H,18,21). The van der Waals surface area contributed by atoms with E-state index < -0.39 is 4.92 Å². The van der Waals surface area contributed by atoms with Gasteiger partial charge >= 0.3 is 0 Å². The van der Waals surface area contributed by atoms with E-state index in [0.717, 1.165) is 6.20 Å². The fourth-order valence-electron chi connectivity index (χ4n) is 1.78. The fourth-order valence-corrected chi connectivity index (χ4v) is 2.08. The lowest BCUT2D eigenvalue weighted by Gasteiger charge is -2.17. The molecule has 0 unspecified atom stereocenters. The molecule has 0 aliphatic heterocycles. The Labute approximate surface area is 142 Å². The van der Waals surface area contributed by atoms with Gasteiger partial charge in [0.15, 0.2) is 0 Å². The minimum absolute atomic E-state index is 0.0189. The summed E-state index contributed by atoms with van der Waals surface area (Å²) in [7, 11) is 1.66. The Balaban J connectivity index is 1.98. The number of hydrogen-bond acceptors (Lipinski definition) is 5. The first kappa shape index (κ1) is 17.0. The van der Waals surface area contributed by atoms with Crippen LogP contribution < -0.4 is 10.2 Å². The summed E-state index contributed by atoms with van der Waals surface area (Å²) >= 11 is 11.7. The average molecular weight is 355 g/mol. The molecule has 0 atom stereocenters. The number of anilines is 2. The van der Waals surface area contributed by atoms with Gasteiger partial charge in [-0.05, 0) is 24.3 Å². The normalized spacial score (nSPS) is 10.2. The number of nitro groups is 1. The predicted octanol–water partition coefficient (Wildman–Crippen LogP) is 3.37. The summed E-state index contributed by atoms with van der Waals surface area (Å²) in [5, 5.41) is 14.0. The Bertz CT molecular complexity index is 737. The van der Waals surface area contributed by atoms with Gasteiger partial charge in [-0.25, -0.2) is 4.98 Å². The number of carbonyl (C=O) groups is 1. The molecule has 0 aliphatic rings. The number of likely N-dealkylation sites (N-methyl/N-ethyl adjacent to an activating group) is 1. The number of nitrogens with one attached hydrogen (secondary N) is 1. The van der Waals surface area contributed by atoms with Crippen LogP contribution >= 0.6 is 23.2 Å². The van der Waals surface area contributed by atoms with E-state index in [1.807, 2.05) is 0 Å². The molecule has 0 radical (unpaired) electrons. The van der Waals surface area contributed by atoms with Crippen LogP contribution in [0.4, 0.5) is 17.2 Å². The maximum atomic E-state index is 12.0. The van der Waals surface area contributed by atoms with Crippen molar-refractivity contribution in [3.63, 3.8) is 0 Å². The van der Waals surface area contributed by atoms with Crippen LogP contribution in [0.15, 0.2) is 36.5 Å². The Morgan fingerprint density at radius 1 is 1.30 bits per heavy atom. The number of aromatic nitrogens is 1. The molecule has 120 valence electrons. The number of pyridine rings is 1. The zero-order valence-corrected chi connectivity index (χ0v) is 13.5. The van der Waals surface area contributed by atoms with Crippen LogP contribution in [0.3, 0.4) is 0 Å². The monoisotopic (exact) mass is 354 g/mol. The molecule has 0 aliphatic carbocycles. The summed E-state index contributed by atoms with van der Waals surface area (Å²) in [5.41, 5.74) is 0.414. The lowest BCUT2D eigenvalue weighted by Crippen LogP contribution is -2.30. The van der Waals surface area contributed by atoms with Crippen LogP contribution in [0.25, 0.3) is 0 Å². The first-order chi connectivity index (χ1) is 10.9. The van der Waals surface area contributed by atoms with Crippen molar-refractivity contribution in [3.8, 4) is 0 Å². The number of rotatable bonds is 5. The first-order valence-electron chi connectivity index (χ1n) is 6.43. The minimum atomic E-state index is -0.534. The molecule has 1 aromatic carbocycles. The van der Waals surface area contributed by atoms with Crippen molar-refractivity contribution < 1.29 is 9.72 Å². The van der Waals surface area contributed by atoms with Crippen molar-refractivity contribution >= 4 is 46.3 Å². The highest BCUT2D eigenvalue weighted by Gasteiger charge is 2.12. The number of nitrogens with zero attached hydrogens (tertiary/aromatic N) is 3. The lowest BCUT2D eigenvalue weighted by molar-refractivity contribution is -0.385. The Morgan fingerprint density at radius 2 is 2.04 bits per heavy atom. The van der Waals surface area contributed by atoms with E-state index in [4.69, 9.17) is 23.2 Å². The Kier molecular flexibility index (Phi) is 5.36. The van der Waals surface area contributed by atoms with Gasteiger partial charge in [0.2, 0.25) is 5.91 Å². The summed E-state index contributed by atoms with van der Waals surface area (Å²) in [5.74, 6) is 0.158. The third-order valence-electron chi connectivity index (χ3n) is 2.92. The van der Waals surface area contributed by atoms with Gasteiger partial charge in [-0.3, -0.25) is 14.9 Å². The van der Waals surface area contributed by atoms with Crippen molar-refractivity contribution in [3.05, 3.63) is 56.7 Å². The maximum Gasteiger partial charge on any atom is 0.287 e. The van der Waals surface area contributed by atoms with Crippen LogP contribution in [-0.4, -0.2) is 29.4 Å². The smallest absolute Gasteiger partial charge is 0.287 e. The van der Waals surface area contributed by atoms with Crippen molar-refractivity contribution in [2.45, 2.75) is 0 Å². The van der Waals surface area contributed by atoms with Gasteiger partial charge in [-0.2, -0.15) is 0 Å². The molecule has 1 N–H and O–H groups in total. The molecule has 2 aromatic rings. The van der Waals surface area contributed by atoms with Gasteiger partial charge in [0.05, 0.1) is 21.5 Å². The Hall–Kier alpha value is -2.38. The molecule has 9 heteroatoms. The quantitative estimate of drug-likeness (QED) is 0.656. The van der Waals surface area contributed by atoms with E-state index in [1.54, 1.807) is 30.1 Å². The summed E-state index contributed by atoms with van der Waals surface area (Å²) in [6.45, 7) is 0.0189. The summed E-state index contributed by atoms with van der Waals surface area (Å²) in [6.07, 6.45) is 1.14. The van der Waals surface area contributed by atoms with Gasteiger partial charge in [0, 0.05) is 18.8 Å². The highest BCUT2D eigenvalue weighted by Crippen LogP contribution is 2.25. The molecule has 1 aromatic heterocycles. The highest BCUT2D eigenvalue weighted by atomic mass is 35.5. The van der Waals surface area contributed by atoms with Crippen molar-refractivity contribution in [1.29, 1.82) is 0 Å². The molecule has 1 heterocycles. The van der Waals surface area contributed by atoms with Gasteiger partial charge in [0.1, 0.15) is 12.0 Å². The Morgan fingerprint density at radius 3 is 2.61 bits per heavy atom. The van der Waals surface area contributed by atoms with Crippen molar-refractivity contribution in [1.82, 2.24) is 4.98 Å². The molecule has 0 saturated heterocycles. The highest BCUT2D eigenvalue weighted by molar-refractivity contribution is 6.42. The molecular formula is C14H12Cl2N4O3. The molecule has 0 fully saturated rings. The van der Waals surface area contributed by atoms with E-state index in [2.05, 4.69) is 10.3 Å². The molecule has 7 nitrogen and oxygen atoms in total. The first-order valence-corrected chi connectivity index (χ1v) is 7.19. The van der Waals surface area contributed by atoms with Crippen LogP contribution in [0, 0.1) is 10.1 Å². The summed E-state index contributed by atoms with van der Waals surface area (Å²) in [6, 6.07) is 7.57. The molecule has 23 heavy (non-hydrogen) atoms. The van der Waals surface area contributed by atoms with E-state index in [9.17, 15) is 14.9 Å². The average Bonchev–Trinajstić information content (AvgIpc) is 2.51. The second-order valence-electron chi connectivity index (χ2n) is 4.66. The third-order valence-corrected chi connectivity index (χ3v) is 3.66. The van der Waals surface area contributed by atoms with Crippen LogP contribution in [-0.2, 0) is 4.79 Å². The van der Waals surface area contributed by atoms with Crippen molar-refractivity contribution in [2.24, 2.45) is 0 Å². The number of hydrogen-bond donors (Lipinski definition) is 1. The zero-order valence-electron chi connectivity index (χ0n) is 12.0. The van der Waals surface area contributed by atoms with Gasteiger partial charge in [-0.1, -0.05) is 23.2 Å². The second-order valence-corrected chi connectivity index (χ2v) is 5.48. The molecule has 2 rings (SSSR count). The summed E-state index contributed by atoms with van der Waals surface area (Å²) < 4.78 is 0. The van der Waals surface area contributed by atoms with E-state index in [0.29, 0.717) is 21.6 Å². The molecule has 0 saturated carbocycles.